The van der Waals surface area contributed by atoms with Crippen LogP contribution in [-0.4, -0.2) is 12.4 Å². The van der Waals surface area contributed by atoms with Crippen molar-refractivity contribution in [2.24, 2.45) is 29.1 Å². The molecular weight excluding hydrogens is 272 g/mol. The van der Waals surface area contributed by atoms with E-state index in [0.29, 0.717) is 11.7 Å². The second kappa shape index (κ2) is 5.25. The number of carbonyl (C=O) groups is 1. The second-order valence-electron chi connectivity index (χ2n) is 7.98. The van der Waals surface area contributed by atoms with Crippen LogP contribution in [0.3, 0.4) is 0 Å². The van der Waals surface area contributed by atoms with Gasteiger partial charge in [-0.3, -0.25) is 4.79 Å². The highest BCUT2D eigenvalue weighted by Gasteiger charge is 2.55. The highest BCUT2D eigenvalue weighted by Crippen LogP contribution is 2.59. The predicted octanol–water partition coefficient (Wildman–Crippen LogP) is 4.66. The smallest absolute Gasteiger partial charge is 0.139 e. The highest BCUT2D eigenvalue weighted by atomic mass is 16.5. The van der Waals surface area contributed by atoms with Gasteiger partial charge in [-0.15, -0.1) is 0 Å². The van der Waals surface area contributed by atoms with E-state index in [1.165, 1.54) is 30.6 Å². The van der Waals surface area contributed by atoms with E-state index >= 15 is 0 Å². The molecule has 22 heavy (non-hydrogen) atoms. The van der Waals surface area contributed by atoms with Gasteiger partial charge in [0.25, 0.3) is 0 Å². The van der Waals surface area contributed by atoms with Crippen LogP contribution in [0.15, 0.2) is 23.5 Å². The molecule has 2 fully saturated rings. The quantitative estimate of drug-likeness (QED) is 0.741. The Morgan fingerprint density at radius 1 is 1.23 bits per heavy atom. The molecule has 0 aromatic rings. The molecular formula is C20H28O2. The average Bonchev–Trinajstić information content (AvgIpc) is 2.83. The zero-order valence-electron chi connectivity index (χ0n) is 13.9. The Hall–Kier alpha value is -1.05. The number of fused-ring (bicyclic) bond motifs is 5. The highest BCUT2D eigenvalue weighted by molar-refractivity contribution is 5.87. The van der Waals surface area contributed by atoms with Crippen molar-refractivity contribution in [2.45, 2.75) is 58.8 Å². The third-order valence-corrected chi connectivity index (χ3v) is 7.13. The van der Waals surface area contributed by atoms with Crippen LogP contribution >= 0.6 is 0 Å². The summed E-state index contributed by atoms with van der Waals surface area (Å²) >= 11 is 0. The van der Waals surface area contributed by atoms with Gasteiger partial charge < -0.3 is 4.74 Å². The number of hydrogen-bond acceptors (Lipinski definition) is 2. The first-order valence-corrected chi connectivity index (χ1v) is 9.20. The van der Waals surface area contributed by atoms with Crippen LogP contribution in [0, 0.1) is 29.1 Å². The fraction of sp³-hybridized carbons (Fsp3) is 0.750. The molecule has 4 aliphatic carbocycles. The van der Waals surface area contributed by atoms with Gasteiger partial charge in [-0.05, 0) is 74.3 Å². The molecule has 4 rings (SSSR count). The molecule has 120 valence electrons. The summed E-state index contributed by atoms with van der Waals surface area (Å²) in [7, 11) is 0. The van der Waals surface area contributed by atoms with Crippen LogP contribution in [-0.2, 0) is 9.53 Å². The first-order chi connectivity index (χ1) is 10.6. The molecule has 0 saturated heterocycles. The molecule has 2 nitrogen and oxygen atoms in total. The van der Waals surface area contributed by atoms with Crippen molar-refractivity contribution in [3.63, 3.8) is 0 Å². The lowest BCUT2D eigenvalue weighted by atomic mass is 9.53. The normalized spacial score (nSPS) is 43.6. The van der Waals surface area contributed by atoms with Gasteiger partial charge in [-0.1, -0.05) is 13.0 Å². The maximum absolute atomic E-state index is 12.4. The maximum atomic E-state index is 12.4. The number of rotatable bonds is 2. The van der Waals surface area contributed by atoms with E-state index in [-0.39, 0.29) is 5.41 Å². The maximum Gasteiger partial charge on any atom is 0.139 e. The second-order valence-corrected chi connectivity index (χ2v) is 7.98. The van der Waals surface area contributed by atoms with Crippen LogP contribution in [0.4, 0.5) is 0 Å². The number of ether oxygens (including phenoxy) is 1. The molecule has 5 unspecified atom stereocenters. The lowest BCUT2D eigenvalue weighted by molar-refractivity contribution is -0.130. The Labute approximate surface area is 134 Å². The van der Waals surface area contributed by atoms with Crippen LogP contribution in [0.25, 0.3) is 0 Å². The number of hydrogen-bond donors (Lipinski definition) is 0. The first kappa shape index (κ1) is 14.5. The standard InChI is InChI=1S/C20H28O2/c1-3-22-14-5-7-15-13(12-14)4-6-17-16(15)10-11-20(2)18(17)8-9-19(20)21/h4,12,15-18H,3,5-11H2,1-2H3. The molecule has 2 heteroatoms. The van der Waals surface area contributed by atoms with Crippen molar-refractivity contribution in [1.82, 2.24) is 0 Å². The van der Waals surface area contributed by atoms with Crippen LogP contribution < -0.4 is 0 Å². The number of ketones is 1. The third kappa shape index (κ3) is 2.02. The lowest BCUT2D eigenvalue weighted by Crippen LogP contribution is -2.45. The van der Waals surface area contributed by atoms with E-state index in [4.69, 9.17) is 4.74 Å². The largest absolute Gasteiger partial charge is 0.498 e. The number of Topliss-reactive ketones (excluding diaryl/α,β-unsaturated/α-hetero) is 1. The van der Waals surface area contributed by atoms with Crippen molar-refractivity contribution >= 4 is 5.78 Å². The summed E-state index contributed by atoms with van der Waals surface area (Å²) in [6.45, 7) is 5.10. The topological polar surface area (TPSA) is 26.3 Å². The van der Waals surface area contributed by atoms with Gasteiger partial charge in [-0.25, -0.2) is 0 Å². The Balaban J connectivity index is 1.61. The van der Waals surface area contributed by atoms with E-state index < -0.39 is 0 Å². The van der Waals surface area contributed by atoms with E-state index in [9.17, 15) is 4.79 Å². The minimum atomic E-state index is 0.00744. The Kier molecular flexibility index (Phi) is 3.47. The Morgan fingerprint density at radius 2 is 2.09 bits per heavy atom. The van der Waals surface area contributed by atoms with Crippen LogP contribution in [0.5, 0.6) is 0 Å². The number of allylic oxidation sites excluding steroid dienone is 4. The van der Waals surface area contributed by atoms with E-state index in [1.54, 1.807) is 0 Å². The van der Waals surface area contributed by atoms with Gasteiger partial charge in [0.15, 0.2) is 0 Å². The molecule has 0 radical (unpaired) electrons. The van der Waals surface area contributed by atoms with E-state index in [1.807, 2.05) is 0 Å². The number of carbonyl (C=O) groups excluding carboxylic acids is 1. The van der Waals surface area contributed by atoms with Crippen molar-refractivity contribution in [3.8, 4) is 0 Å². The zero-order valence-corrected chi connectivity index (χ0v) is 13.9. The Bertz CT molecular complexity index is 544. The monoisotopic (exact) mass is 300 g/mol. The molecule has 0 spiro atoms. The Morgan fingerprint density at radius 3 is 2.91 bits per heavy atom. The van der Waals surface area contributed by atoms with Gasteiger partial charge in [0, 0.05) is 18.3 Å². The average molecular weight is 300 g/mol. The molecule has 0 aromatic heterocycles. The summed E-state index contributed by atoms with van der Waals surface area (Å²) in [5.74, 6) is 4.66. The molecule has 2 saturated carbocycles. The lowest BCUT2D eigenvalue weighted by Gasteiger charge is -2.50. The van der Waals surface area contributed by atoms with Crippen LogP contribution in [0.1, 0.15) is 58.8 Å². The molecule has 4 aliphatic rings. The van der Waals surface area contributed by atoms with Crippen molar-refractivity contribution < 1.29 is 9.53 Å². The molecule has 0 N–H and O–H groups in total. The van der Waals surface area contributed by atoms with Gasteiger partial charge in [0.1, 0.15) is 5.78 Å². The summed E-state index contributed by atoms with van der Waals surface area (Å²) in [6, 6.07) is 0. The van der Waals surface area contributed by atoms with Gasteiger partial charge in [0.2, 0.25) is 0 Å². The SMILES string of the molecule is CCOC1=CC2=CCC3C(CCC4(C)C(=O)CCC34)C2CC1. The van der Waals surface area contributed by atoms with E-state index in [0.717, 1.165) is 50.0 Å². The van der Waals surface area contributed by atoms with Crippen LogP contribution in [0.2, 0.25) is 0 Å². The van der Waals surface area contributed by atoms with Gasteiger partial charge in [-0.2, -0.15) is 0 Å². The van der Waals surface area contributed by atoms with E-state index in [2.05, 4.69) is 26.0 Å². The van der Waals surface area contributed by atoms with Gasteiger partial charge in [0.05, 0.1) is 12.4 Å². The summed E-state index contributed by atoms with van der Waals surface area (Å²) in [6.07, 6.45) is 12.7. The summed E-state index contributed by atoms with van der Waals surface area (Å²) in [5, 5.41) is 0. The third-order valence-electron chi connectivity index (χ3n) is 7.13. The molecule has 0 heterocycles. The fourth-order valence-corrected chi connectivity index (χ4v) is 6.00. The van der Waals surface area contributed by atoms with Crippen molar-refractivity contribution in [1.29, 1.82) is 0 Å². The minimum absolute atomic E-state index is 0.00744. The molecule has 0 amide bonds. The predicted molar refractivity (Wildman–Crippen MR) is 87.2 cm³/mol. The summed E-state index contributed by atoms with van der Waals surface area (Å²) < 4.78 is 5.74. The molecule has 0 aliphatic heterocycles. The zero-order chi connectivity index (χ0) is 15.3. The van der Waals surface area contributed by atoms with Gasteiger partial charge >= 0.3 is 0 Å². The van der Waals surface area contributed by atoms with Crippen molar-refractivity contribution in [3.05, 3.63) is 23.5 Å². The molecule has 0 bridgehead atoms. The van der Waals surface area contributed by atoms with Crippen molar-refractivity contribution in [2.75, 3.05) is 6.61 Å². The molecule has 5 atom stereocenters. The molecule has 0 aromatic carbocycles. The fourth-order valence-electron chi connectivity index (χ4n) is 6.00. The first-order valence-electron chi connectivity index (χ1n) is 9.20. The summed E-state index contributed by atoms with van der Waals surface area (Å²) in [5.41, 5.74) is 1.54. The summed E-state index contributed by atoms with van der Waals surface area (Å²) in [4.78, 5) is 12.4. The minimum Gasteiger partial charge on any atom is -0.498 e.